The van der Waals surface area contributed by atoms with Gasteiger partial charge in [0.25, 0.3) is 5.91 Å². The zero-order valence-corrected chi connectivity index (χ0v) is 11.1. The minimum absolute atomic E-state index is 0.163. The number of aromatic nitrogens is 2. The largest absolute Gasteiger partial charge is 0.395 e. The normalized spacial score (nSPS) is 16.8. The summed E-state index contributed by atoms with van der Waals surface area (Å²) >= 11 is 0. The topological polar surface area (TPSA) is 76.2 Å². The molecule has 1 aliphatic heterocycles. The van der Waals surface area contributed by atoms with E-state index in [0.29, 0.717) is 11.4 Å². The van der Waals surface area contributed by atoms with Crippen LogP contribution in [0, 0.1) is 0 Å². The van der Waals surface area contributed by atoms with Crippen molar-refractivity contribution in [2.75, 3.05) is 18.8 Å². The number of aryl methyl sites for hydroxylation is 2. The third-order valence-electron chi connectivity index (χ3n) is 3.33. The van der Waals surface area contributed by atoms with E-state index >= 15 is 0 Å². The Hall–Kier alpha value is -1.56. The van der Waals surface area contributed by atoms with Crippen molar-refractivity contribution >= 4 is 11.6 Å². The number of nitrogens with two attached hydrogens (primary N) is 1. The van der Waals surface area contributed by atoms with Crippen LogP contribution in [-0.4, -0.2) is 33.8 Å². The minimum Gasteiger partial charge on any atom is -0.395 e. The van der Waals surface area contributed by atoms with E-state index in [4.69, 9.17) is 5.73 Å². The Labute approximate surface area is 107 Å². The molecule has 0 spiro atoms. The van der Waals surface area contributed by atoms with Gasteiger partial charge in [-0.2, -0.15) is 5.10 Å². The molecule has 0 atom stereocenters. The van der Waals surface area contributed by atoms with Crippen LogP contribution in [0.1, 0.15) is 42.4 Å². The molecular formula is C12H21N5O. The van der Waals surface area contributed by atoms with Gasteiger partial charge in [-0.1, -0.05) is 13.3 Å². The smallest absolute Gasteiger partial charge is 0.285 e. The van der Waals surface area contributed by atoms with Gasteiger partial charge in [-0.15, -0.1) is 0 Å². The highest BCUT2D eigenvalue weighted by molar-refractivity contribution is 5.97. The number of hydrazine groups is 1. The highest BCUT2D eigenvalue weighted by Gasteiger charge is 2.21. The summed E-state index contributed by atoms with van der Waals surface area (Å²) in [5.74, 6) is -0.163. The molecule has 0 saturated carbocycles. The maximum Gasteiger partial charge on any atom is 0.285 e. The van der Waals surface area contributed by atoms with E-state index in [1.165, 1.54) is 6.42 Å². The van der Waals surface area contributed by atoms with Crippen LogP contribution >= 0.6 is 0 Å². The molecule has 1 amide bonds. The second-order valence-corrected chi connectivity index (χ2v) is 4.67. The second-order valence-electron chi connectivity index (χ2n) is 4.67. The number of rotatable bonds is 3. The van der Waals surface area contributed by atoms with Gasteiger partial charge in [-0.25, -0.2) is 5.01 Å². The number of nitrogen functional groups attached to an aromatic ring is 1. The van der Waals surface area contributed by atoms with E-state index in [9.17, 15) is 4.79 Å². The molecule has 18 heavy (non-hydrogen) atoms. The fraction of sp³-hybridized carbons (Fsp3) is 0.667. The Morgan fingerprint density at radius 1 is 1.39 bits per heavy atom. The lowest BCUT2D eigenvalue weighted by atomic mass is 10.2. The zero-order valence-electron chi connectivity index (χ0n) is 11.1. The molecule has 2 heterocycles. The summed E-state index contributed by atoms with van der Waals surface area (Å²) < 4.78 is 1.56. The molecule has 0 unspecified atom stereocenters. The number of nitrogens with one attached hydrogen (secondary N) is 1. The van der Waals surface area contributed by atoms with Crippen LogP contribution in [0.3, 0.4) is 0 Å². The summed E-state index contributed by atoms with van der Waals surface area (Å²) in [5, 5.41) is 6.22. The van der Waals surface area contributed by atoms with Crippen LogP contribution in [0.4, 0.5) is 5.69 Å². The number of carbonyl (C=O) groups excluding carboxylic acids is 1. The van der Waals surface area contributed by atoms with Crippen molar-refractivity contribution in [2.45, 2.75) is 32.6 Å². The molecule has 0 radical (unpaired) electrons. The lowest BCUT2D eigenvalue weighted by Gasteiger charge is -2.26. The van der Waals surface area contributed by atoms with Gasteiger partial charge < -0.3 is 5.73 Å². The van der Waals surface area contributed by atoms with Crippen molar-refractivity contribution < 1.29 is 4.79 Å². The molecule has 0 aromatic carbocycles. The van der Waals surface area contributed by atoms with Crippen LogP contribution in [0.5, 0.6) is 0 Å². The third-order valence-corrected chi connectivity index (χ3v) is 3.33. The van der Waals surface area contributed by atoms with Gasteiger partial charge >= 0.3 is 0 Å². The summed E-state index contributed by atoms with van der Waals surface area (Å²) in [6.45, 7) is 3.79. The number of anilines is 1. The van der Waals surface area contributed by atoms with Crippen LogP contribution in [0.2, 0.25) is 0 Å². The van der Waals surface area contributed by atoms with Gasteiger partial charge in [-0.05, 0) is 19.3 Å². The Morgan fingerprint density at radius 2 is 2.06 bits per heavy atom. The van der Waals surface area contributed by atoms with E-state index in [1.54, 1.807) is 11.7 Å². The first-order chi connectivity index (χ1) is 8.63. The van der Waals surface area contributed by atoms with Crippen LogP contribution in [-0.2, 0) is 13.5 Å². The van der Waals surface area contributed by atoms with Gasteiger partial charge in [-0.3, -0.25) is 14.9 Å². The Balaban J connectivity index is 2.10. The molecule has 6 heteroatoms. The maximum atomic E-state index is 12.2. The lowest BCUT2D eigenvalue weighted by Crippen LogP contribution is -2.45. The van der Waals surface area contributed by atoms with E-state index < -0.39 is 0 Å². The van der Waals surface area contributed by atoms with E-state index in [1.807, 2.05) is 11.9 Å². The Morgan fingerprint density at radius 3 is 2.61 bits per heavy atom. The quantitative estimate of drug-likeness (QED) is 0.829. The zero-order chi connectivity index (χ0) is 13.1. The predicted molar refractivity (Wildman–Crippen MR) is 69.9 cm³/mol. The fourth-order valence-electron chi connectivity index (χ4n) is 2.33. The molecule has 6 nitrogen and oxygen atoms in total. The van der Waals surface area contributed by atoms with Crippen molar-refractivity contribution in [1.29, 1.82) is 0 Å². The number of amides is 1. The van der Waals surface area contributed by atoms with Crippen molar-refractivity contribution in [2.24, 2.45) is 7.05 Å². The van der Waals surface area contributed by atoms with Gasteiger partial charge in [0.1, 0.15) is 0 Å². The molecular weight excluding hydrogens is 230 g/mol. The standard InChI is InChI=1S/C12H21N5O/c1-3-9-10(13)11(16(2)14-9)12(18)15-17-7-5-4-6-8-17/h3-8,13H2,1-2H3,(H,15,18). The van der Waals surface area contributed by atoms with Crippen molar-refractivity contribution in [1.82, 2.24) is 20.2 Å². The molecule has 1 fully saturated rings. The van der Waals surface area contributed by atoms with Gasteiger partial charge in [0, 0.05) is 20.1 Å². The highest BCUT2D eigenvalue weighted by Crippen LogP contribution is 2.17. The molecule has 0 bridgehead atoms. The van der Waals surface area contributed by atoms with Gasteiger partial charge in [0.15, 0.2) is 5.69 Å². The average molecular weight is 251 g/mol. The summed E-state index contributed by atoms with van der Waals surface area (Å²) in [4.78, 5) is 12.2. The van der Waals surface area contributed by atoms with Crippen molar-refractivity contribution in [3.05, 3.63) is 11.4 Å². The summed E-state index contributed by atoms with van der Waals surface area (Å²) in [6.07, 6.45) is 4.22. The molecule has 0 aliphatic carbocycles. The van der Waals surface area contributed by atoms with E-state index in [0.717, 1.165) is 38.0 Å². The first kappa shape index (κ1) is 12.9. The molecule has 1 aliphatic rings. The maximum absolute atomic E-state index is 12.2. The summed E-state index contributed by atoms with van der Waals surface area (Å²) in [6, 6.07) is 0. The van der Waals surface area contributed by atoms with Gasteiger partial charge in [0.2, 0.25) is 0 Å². The molecule has 2 rings (SSSR count). The fourth-order valence-corrected chi connectivity index (χ4v) is 2.33. The monoisotopic (exact) mass is 251 g/mol. The molecule has 100 valence electrons. The van der Waals surface area contributed by atoms with Crippen LogP contribution < -0.4 is 11.2 Å². The van der Waals surface area contributed by atoms with E-state index in [2.05, 4.69) is 10.5 Å². The van der Waals surface area contributed by atoms with Crippen LogP contribution in [0.25, 0.3) is 0 Å². The van der Waals surface area contributed by atoms with Crippen LogP contribution in [0.15, 0.2) is 0 Å². The molecule has 1 aromatic rings. The Kier molecular flexibility index (Phi) is 3.86. The highest BCUT2D eigenvalue weighted by atomic mass is 16.2. The minimum atomic E-state index is -0.163. The summed E-state index contributed by atoms with van der Waals surface area (Å²) in [5.41, 5.74) is 10.6. The third kappa shape index (κ3) is 2.48. The summed E-state index contributed by atoms with van der Waals surface area (Å²) in [7, 11) is 1.75. The van der Waals surface area contributed by atoms with E-state index in [-0.39, 0.29) is 5.91 Å². The van der Waals surface area contributed by atoms with Crippen molar-refractivity contribution in [3.8, 4) is 0 Å². The van der Waals surface area contributed by atoms with Crippen molar-refractivity contribution in [3.63, 3.8) is 0 Å². The first-order valence-electron chi connectivity index (χ1n) is 6.50. The first-order valence-corrected chi connectivity index (χ1v) is 6.50. The number of hydrogen-bond acceptors (Lipinski definition) is 4. The number of hydrogen-bond donors (Lipinski definition) is 2. The van der Waals surface area contributed by atoms with Gasteiger partial charge in [0.05, 0.1) is 11.4 Å². The number of nitrogens with zero attached hydrogens (tertiary/aromatic N) is 3. The molecule has 1 aromatic heterocycles. The molecule has 3 N–H and O–H groups in total. The number of carbonyl (C=O) groups is 1. The predicted octanol–water partition coefficient (Wildman–Crippen LogP) is 0.695. The Bertz CT molecular complexity index is 434. The second kappa shape index (κ2) is 5.39. The molecule has 1 saturated heterocycles. The lowest BCUT2D eigenvalue weighted by molar-refractivity contribution is 0.0741. The number of piperidine rings is 1. The average Bonchev–Trinajstić information content (AvgIpc) is 2.65. The SMILES string of the molecule is CCc1nn(C)c(C(=O)NN2CCCCC2)c1N.